The van der Waals surface area contributed by atoms with Crippen molar-refractivity contribution in [3.05, 3.63) is 71.3 Å². The van der Waals surface area contributed by atoms with Crippen molar-refractivity contribution in [1.29, 1.82) is 0 Å². The summed E-state index contributed by atoms with van der Waals surface area (Å²) in [7, 11) is 1.22. The van der Waals surface area contributed by atoms with E-state index in [1.807, 2.05) is 51.1 Å². The zero-order valence-corrected chi connectivity index (χ0v) is 27.2. The van der Waals surface area contributed by atoms with Gasteiger partial charge in [-0.2, -0.15) is 0 Å². The van der Waals surface area contributed by atoms with Crippen molar-refractivity contribution < 1.29 is 42.1 Å². The lowest BCUT2D eigenvalue weighted by Gasteiger charge is -2.37. The van der Waals surface area contributed by atoms with Gasteiger partial charge in [-0.05, 0) is 54.4 Å². The molecular formula is C34H44F2N4O7. The second-order valence-corrected chi connectivity index (χ2v) is 13.7. The Kier molecular flexibility index (Phi) is 11.0. The third kappa shape index (κ3) is 9.17. The number of alkyl carbamates (subject to hydrolysis) is 2. The van der Waals surface area contributed by atoms with Crippen molar-refractivity contribution in [2.45, 2.75) is 83.6 Å². The molecule has 5 rings (SSSR count). The molecular weight excluding hydrogens is 614 g/mol. The molecule has 3 amide bonds. The van der Waals surface area contributed by atoms with Crippen molar-refractivity contribution in [1.82, 2.24) is 21.1 Å². The molecule has 47 heavy (non-hydrogen) atoms. The standard InChI is InChI=1S/C34H44F2N4O7/c1-34(2,3)29(38-32(42)44-4)30(41)39-40(18-20-8-6-5-7-9-20)11-10-26(14-21-12-24(35)17-25(36)13-21)37-33(43)47-28-23-15-22-16-27(28)46-31(22)45-19-23/h5-9,12-13,17,22-23,26-29,31H,10-11,14-16,18-19H2,1-4H3,(H,37,43)(H,38,42)(H,39,41)/t22?,23?,26-,27?,28?,29-,31?/m1/s1. The largest absolute Gasteiger partial charge is 0.453 e. The van der Waals surface area contributed by atoms with E-state index in [1.165, 1.54) is 19.2 Å². The van der Waals surface area contributed by atoms with Gasteiger partial charge in [-0.25, -0.2) is 23.4 Å². The SMILES string of the molecule is COC(=O)N[C@H](C(=O)NN(CC[C@H](Cc1cc(F)cc(F)c1)NC(=O)OC1C2COC3OC1CC3C2)Cc1ccccc1)C(C)(C)C. The maximum absolute atomic E-state index is 14.1. The topological polar surface area (TPSA) is 127 Å². The van der Waals surface area contributed by atoms with Gasteiger partial charge < -0.3 is 29.6 Å². The molecule has 2 aromatic rings. The summed E-state index contributed by atoms with van der Waals surface area (Å²) >= 11 is 0. The molecule has 2 aromatic carbocycles. The molecule has 1 saturated carbocycles. The number of hydrogen-bond donors (Lipinski definition) is 3. The molecule has 3 N–H and O–H groups in total. The smallest absolute Gasteiger partial charge is 0.407 e. The first-order chi connectivity index (χ1) is 22.4. The summed E-state index contributed by atoms with van der Waals surface area (Å²) in [5, 5.41) is 7.20. The Morgan fingerprint density at radius 1 is 0.979 bits per heavy atom. The second-order valence-electron chi connectivity index (χ2n) is 13.7. The Hall–Kier alpha value is -3.81. The molecule has 0 aromatic heterocycles. The van der Waals surface area contributed by atoms with E-state index >= 15 is 0 Å². The Bertz CT molecular complexity index is 1380. The molecule has 0 spiro atoms. The van der Waals surface area contributed by atoms with Crippen LogP contribution in [0.4, 0.5) is 18.4 Å². The molecule has 3 aliphatic rings. The van der Waals surface area contributed by atoms with Gasteiger partial charge in [0.15, 0.2) is 6.29 Å². The van der Waals surface area contributed by atoms with Gasteiger partial charge in [0.05, 0.1) is 19.8 Å². The number of nitrogens with zero attached hydrogens (tertiary/aromatic N) is 1. The first-order valence-electron chi connectivity index (χ1n) is 16.0. The molecule has 3 fully saturated rings. The first-order valence-corrected chi connectivity index (χ1v) is 16.0. The fourth-order valence-electron chi connectivity index (χ4n) is 6.65. The van der Waals surface area contributed by atoms with Crippen molar-refractivity contribution in [3.63, 3.8) is 0 Å². The van der Waals surface area contributed by atoms with Gasteiger partial charge in [0.1, 0.15) is 23.8 Å². The highest BCUT2D eigenvalue weighted by molar-refractivity contribution is 5.86. The molecule has 2 heterocycles. The summed E-state index contributed by atoms with van der Waals surface area (Å²) < 4.78 is 50.7. The Labute approximate surface area is 273 Å². The van der Waals surface area contributed by atoms with Gasteiger partial charge in [0, 0.05) is 37.0 Å². The zero-order valence-electron chi connectivity index (χ0n) is 27.2. The predicted molar refractivity (Wildman–Crippen MR) is 166 cm³/mol. The van der Waals surface area contributed by atoms with Gasteiger partial charge in [-0.15, -0.1) is 0 Å². The Balaban J connectivity index is 1.31. The number of fused-ring (bicyclic) bond motifs is 2. The van der Waals surface area contributed by atoms with Crippen LogP contribution in [0.5, 0.6) is 0 Å². The van der Waals surface area contributed by atoms with E-state index < -0.39 is 53.3 Å². The number of halogens is 2. The average Bonchev–Trinajstić information content (AvgIpc) is 3.30. The maximum atomic E-state index is 14.1. The monoisotopic (exact) mass is 658 g/mol. The highest BCUT2D eigenvalue weighted by Crippen LogP contribution is 2.46. The first kappa shape index (κ1) is 34.5. The quantitative estimate of drug-likeness (QED) is 0.286. The lowest BCUT2D eigenvalue weighted by molar-refractivity contribution is -0.153. The number of nitrogens with one attached hydrogen (secondary N) is 3. The number of hydrogen-bond acceptors (Lipinski definition) is 8. The van der Waals surface area contributed by atoms with E-state index in [4.69, 9.17) is 18.9 Å². The van der Waals surface area contributed by atoms with E-state index in [0.29, 0.717) is 24.6 Å². The number of carbonyl (C=O) groups excluding carboxylic acids is 3. The minimum atomic E-state index is -0.931. The van der Waals surface area contributed by atoms with Crippen LogP contribution >= 0.6 is 0 Å². The molecule has 0 radical (unpaired) electrons. The van der Waals surface area contributed by atoms with Crippen LogP contribution in [0, 0.1) is 28.9 Å². The lowest BCUT2D eigenvalue weighted by Crippen LogP contribution is -2.57. The van der Waals surface area contributed by atoms with Crippen LogP contribution in [0.1, 0.15) is 51.2 Å². The molecule has 2 saturated heterocycles. The van der Waals surface area contributed by atoms with Crippen LogP contribution in [0.25, 0.3) is 0 Å². The average molecular weight is 659 g/mol. The summed E-state index contributed by atoms with van der Waals surface area (Å²) in [6.45, 7) is 6.44. The number of amides is 3. The summed E-state index contributed by atoms with van der Waals surface area (Å²) in [6.07, 6.45) is -0.359. The van der Waals surface area contributed by atoms with Crippen LogP contribution in [0.15, 0.2) is 48.5 Å². The summed E-state index contributed by atoms with van der Waals surface area (Å²) in [6, 6.07) is 11.1. The summed E-state index contributed by atoms with van der Waals surface area (Å²) in [4.78, 5) is 39.0. The van der Waals surface area contributed by atoms with Crippen molar-refractivity contribution >= 4 is 18.1 Å². The van der Waals surface area contributed by atoms with E-state index in [0.717, 1.165) is 24.5 Å². The molecule has 256 valence electrons. The number of methoxy groups -OCH3 is 1. The van der Waals surface area contributed by atoms with Gasteiger partial charge in [0.2, 0.25) is 0 Å². The number of hydrazine groups is 1. The van der Waals surface area contributed by atoms with Crippen LogP contribution in [-0.2, 0) is 36.7 Å². The van der Waals surface area contributed by atoms with E-state index in [2.05, 4.69) is 16.1 Å². The lowest BCUT2D eigenvalue weighted by atomic mass is 9.78. The van der Waals surface area contributed by atoms with E-state index in [1.54, 1.807) is 5.01 Å². The van der Waals surface area contributed by atoms with Gasteiger partial charge in [0.25, 0.3) is 5.91 Å². The van der Waals surface area contributed by atoms with Crippen LogP contribution < -0.4 is 16.1 Å². The van der Waals surface area contributed by atoms with E-state index in [-0.39, 0.29) is 37.7 Å². The van der Waals surface area contributed by atoms with Gasteiger partial charge in [-0.1, -0.05) is 51.1 Å². The normalized spacial score (nSPS) is 24.4. The summed E-state index contributed by atoms with van der Waals surface area (Å²) in [5.41, 5.74) is 3.53. The molecule has 7 atom stereocenters. The van der Waals surface area contributed by atoms with Crippen molar-refractivity contribution in [3.8, 4) is 0 Å². The minimum Gasteiger partial charge on any atom is -0.453 e. The molecule has 13 heteroatoms. The van der Waals surface area contributed by atoms with Crippen molar-refractivity contribution in [2.24, 2.45) is 17.3 Å². The Morgan fingerprint density at radius 2 is 1.70 bits per heavy atom. The number of rotatable bonds is 12. The maximum Gasteiger partial charge on any atom is 0.407 e. The van der Waals surface area contributed by atoms with Crippen LogP contribution in [0.2, 0.25) is 0 Å². The van der Waals surface area contributed by atoms with Crippen LogP contribution in [-0.4, -0.2) is 73.9 Å². The summed E-state index contributed by atoms with van der Waals surface area (Å²) in [5.74, 6) is -1.57. The third-order valence-corrected chi connectivity index (χ3v) is 8.92. The van der Waals surface area contributed by atoms with Gasteiger partial charge >= 0.3 is 12.2 Å². The molecule has 11 nitrogen and oxygen atoms in total. The Morgan fingerprint density at radius 3 is 2.38 bits per heavy atom. The number of benzene rings is 2. The predicted octanol–water partition coefficient (Wildman–Crippen LogP) is 4.45. The zero-order chi connectivity index (χ0) is 33.7. The minimum absolute atomic E-state index is 0.0324. The molecule has 3 bridgehead atoms. The number of ether oxygens (including phenoxy) is 4. The second kappa shape index (κ2) is 15.0. The molecule has 2 aliphatic heterocycles. The van der Waals surface area contributed by atoms with Gasteiger partial charge in [-0.3, -0.25) is 10.2 Å². The third-order valence-electron chi connectivity index (χ3n) is 8.92. The highest BCUT2D eigenvalue weighted by atomic mass is 19.1. The molecule has 5 unspecified atom stereocenters. The fraction of sp³-hybridized carbons (Fsp3) is 0.559. The van der Waals surface area contributed by atoms with Crippen LogP contribution in [0.3, 0.4) is 0 Å². The van der Waals surface area contributed by atoms with E-state index in [9.17, 15) is 23.2 Å². The van der Waals surface area contributed by atoms with Crippen molar-refractivity contribution in [2.75, 3.05) is 20.3 Å². The number of carbonyl (C=O) groups is 3. The molecule has 1 aliphatic carbocycles. The fourth-order valence-corrected chi connectivity index (χ4v) is 6.65. The highest BCUT2D eigenvalue weighted by Gasteiger charge is 2.53.